The Labute approximate surface area is 187 Å². The van der Waals surface area contributed by atoms with Crippen molar-refractivity contribution >= 4 is 52.4 Å². The van der Waals surface area contributed by atoms with Crippen molar-refractivity contribution in [1.82, 2.24) is 4.57 Å². The van der Waals surface area contributed by atoms with E-state index in [0.29, 0.717) is 9.20 Å². The summed E-state index contributed by atoms with van der Waals surface area (Å²) in [4.78, 5) is 40.2. The van der Waals surface area contributed by atoms with E-state index >= 15 is 0 Å². The summed E-state index contributed by atoms with van der Waals surface area (Å²) in [5.41, 5.74) is 2.61. The topological polar surface area (TPSA) is 68.6 Å². The highest BCUT2D eigenvalue weighted by molar-refractivity contribution is 7.08. The molecule has 1 amide bonds. The Morgan fingerprint density at radius 1 is 1.26 bits per heavy atom. The molecule has 3 heterocycles. The number of amides is 1. The van der Waals surface area contributed by atoms with Gasteiger partial charge in [-0.25, -0.2) is 4.79 Å². The second kappa shape index (κ2) is 9.03. The summed E-state index contributed by atoms with van der Waals surface area (Å²) < 4.78 is 7.26. The van der Waals surface area contributed by atoms with Crippen molar-refractivity contribution in [3.05, 3.63) is 71.8 Å². The summed E-state index contributed by atoms with van der Waals surface area (Å²) in [5, 5.41) is 3.87. The summed E-state index contributed by atoms with van der Waals surface area (Å²) in [7, 11) is 0. The third-order valence-corrected chi connectivity index (χ3v) is 6.84. The van der Waals surface area contributed by atoms with Gasteiger partial charge in [0.15, 0.2) is 0 Å². The van der Waals surface area contributed by atoms with Crippen LogP contribution in [0.2, 0.25) is 0 Å². The van der Waals surface area contributed by atoms with E-state index in [2.05, 4.69) is 0 Å². The van der Waals surface area contributed by atoms with Crippen molar-refractivity contribution in [2.75, 3.05) is 11.5 Å². The van der Waals surface area contributed by atoms with Gasteiger partial charge in [0, 0.05) is 11.7 Å². The van der Waals surface area contributed by atoms with Gasteiger partial charge in [-0.15, -0.1) is 11.3 Å². The number of aromatic nitrogens is 1. The number of thiazole rings is 1. The Kier molecular flexibility index (Phi) is 6.20. The van der Waals surface area contributed by atoms with Crippen molar-refractivity contribution in [3.63, 3.8) is 0 Å². The van der Waals surface area contributed by atoms with E-state index < -0.39 is 5.97 Å². The summed E-state index contributed by atoms with van der Waals surface area (Å²) in [5.74, 6) is -0.718. The summed E-state index contributed by atoms with van der Waals surface area (Å²) >= 11 is 2.72. The van der Waals surface area contributed by atoms with Crippen LogP contribution >= 0.6 is 22.7 Å². The van der Waals surface area contributed by atoms with Crippen LogP contribution in [0.5, 0.6) is 0 Å². The van der Waals surface area contributed by atoms with Gasteiger partial charge in [-0.1, -0.05) is 18.2 Å². The van der Waals surface area contributed by atoms with Crippen molar-refractivity contribution in [2.24, 2.45) is 0 Å². The summed E-state index contributed by atoms with van der Waals surface area (Å²) in [6.07, 6.45) is 3.84. The highest BCUT2D eigenvalue weighted by atomic mass is 32.1. The standard InChI is InChI=1S/C23H22N2O4S2/c1-3-29-22(27)12-21-24(23(28)19(31-21)11-16-8-9-30-14-16)13-20(26)25-15(2)10-17-6-4-5-7-18(17)25/h4-9,11-12,14-15H,3,10,13H2,1-2H3/b19-11+,21-12-. The number of carbonyl (C=O) groups is 2. The molecule has 0 fully saturated rings. The second-order valence-corrected chi connectivity index (χ2v) is 9.08. The number of esters is 1. The monoisotopic (exact) mass is 454 g/mol. The van der Waals surface area contributed by atoms with Crippen LogP contribution in [0.3, 0.4) is 0 Å². The largest absolute Gasteiger partial charge is 0.463 e. The van der Waals surface area contributed by atoms with Crippen LogP contribution < -0.4 is 19.7 Å². The number of fused-ring (bicyclic) bond motifs is 1. The van der Waals surface area contributed by atoms with Crippen LogP contribution in [-0.2, 0) is 27.3 Å². The molecule has 2 aromatic heterocycles. The smallest absolute Gasteiger partial charge is 0.333 e. The van der Waals surface area contributed by atoms with E-state index in [4.69, 9.17) is 4.74 Å². The molecule has 160 valence electrons. The van der Waals surface area contributed by atoms with Gasteiger partial charge in [0.25, 0.3) is 5.56 Å². The molecule has 0 bridgehead atoms. The number of anilines is 1. The lowest BCUT2D eigenvalue weighted by Crippen LogP contribution is -2.42. The normalized spacial score (nSPS) is 16.6. The molecule has 1 aliphatic rings. The lowest BCUT2D eigenvalue weighted by atomic mass is 10.1. The minimum Gasteiger partial charge on any atom is -0.463 e. The molecular weight excluding hydrogens is 432 g/mol. The Bertz CT molecular complexity index is 1290. The molecule has 0 saturated heterocycles. The van der Waals surface area contributed by atoms with Crippen LogP contribution in [0.25, 0.3) is 12.2 Å². The highest BCUT2D eigenvalue weighted by Crippen LogP contribution is 2.31. The van der Waals surface area contributed by atoms with Gasteiger partial charge in [-0.3, -0.25) is 14.2 Å². The van der Waals surface area contributed by atoms with Gasteiger partial charge in [-0.2, -0.15) is 11.3 Å². The molecule has 0 aliphatic carbocycles. The highest BCUT2D eigenvalue weighted by Gasteiger charge is 2.30. The molecular formula is C23H22N2O4S2. The van der Waals surface area contributed by atoms with Gasteiger partial charge in [-0.05, 0) is 60.4 Å². The molecule has 0 saturated carbocycles. The molecule has 1 aromatic carbocycles. The molecule has 3 aromatic rings. The average Bonchev–Trinajstić information content (AvgIpc) is 3.43. The number of ether oxygens (including phenoxy) is 1. The van der Waals surface area contributed by atoms with Crippen LogP contribution in [0.4, 0.5) is 5.69 Å². The number of hydrogen-bond donors (Lipinski definition) is 0. The average molecular weight is 455 g/mol. The van der Waals surface area contributed by atoms with Gasteiger partial charge in [0.1, 0.15) is 11.2 Å². The molecule has 0 radical (unpaired) electrons. The minimum absolute atomic E-state index is 0.00793. The SMILES string of the molecule is CCOC(=O)/C=c1\s/c(=C/c2ccsc2)c(=O)n1CC(=O)N1c2ccccc2CC1C. The lowest BCUT2D eigenvalue weighted by molar-refractivity contribution is -0.135. The first-order valence-corrected chi connectivity index (χ1v) is 11.8. The van der Waals surface area contributed by atoms with Gasteiger partial charge in [0.05, 0.1) is 17.2 Å². The van der Waals surface area contributed by atoms with Crippen LogP contribution in [0, 0.1) is 0 Å². The third-order valence-electron chi connectivity index (χ3n) is 5.07. The van der Waals surface area contributed by atoms with Crippen LogP contribution in [-0.4, -0.2) is 29.1 Å². The molecule has 1 atom stereocenters. The van der Waals surface area contributed by atoms with Crippen molar-refractivity contribution in [3.8, 4) is 0 Å². The maximum atomic E-state index is 13.3. The Morgan fingerprint density at radius 3 is 2.81 bits per heavy atom. The molecule has 1 aliphatic heterocycles. The number of rotatable bonds is 5. The van der Waals surface area contributed by atoms with E-state index in [9.17, 15) is 14.4 Å². The number of benzene rings is 1. The Balaban J connectivity index is 1.75. The van der Waals surface area contributed by atoms with E-state index in [1.54, 1.807) is 17.9 Å². The van der Waals surface area contributed by atoms with Gasteiger partial charge >= 0.3 is 5.97 Å². The Morgan fingerprint density at radius 2 is 2.06 bits per heavy atom. The van der Waals surface area contributed by atoms with Crippen molar-refractivity contribution < 1.29 is 14.3 Å². The molecule has 1 unspecified atom stereocenters. The zero-order valence-electron chi connectivity index (χ0n) is 17.2. The Hall–Kier alpha value is -2.97. The number of nitrogens with zero attached hydrogens (tertiary/aromatic N) is 2. The molecule has 0 N–H and O–H groups in total. The molecule has 0 spiro atoms. The van der Waals surface area contributed by atoms with E-state index in [1.807, 2.05) is 48.0 Å². The molecule has 6 nitrogen and oxygen atoms in total. The van der Waals surface area contributed by atoms with E-state index in [-0.39, 0.29) is 30.7 Å². The molecule has 4 rings (SSSR count). The summed E-state index contributed by atoms with van der Waals surface area (Å²) in [6, 6.07) is 9.73. The van der Waals surface area contributed by atoms with Crippen LogP contribution in [0.1, 0.15) is 25.0 Å². The fourth-order valence-electron chi connectivity index (χ4n) is 3.74. The quantitative estimate of drug-likeness (QED) is 0.554. The fourth-order valence-corrected chi connectivity index (χ4v) is 5.39. The zero-order chi connectivity index (χ0) is 22.0. The van der Waals surface area contributed by atoms with Crippen molar-refractivity contribution in [1.29, 1.82) is 0 Å². The van der Waals surface area contributed by atoms with Gasteiger partial charge < -0.3 is 9.64 Å². The van der Waals surface area contributed by atoms with E-state index in [0.717, 1.165) is 23.2 Å². The molecule has 8 heteroatoms. The fraction of sp³-hybridized carbons (Fsp3) is 0.261. The first-order chi connectivity index (χ1) is 15.0. The predicted octanol–water partition coefficient (Wildman–Crippen LogP) is 2.12. The number of carbonyl (C=O) groups excluding carboxylic acids is 2. The maximum absolute atomic E-state index is 13.3. The second-order valence-electron chi connectivity index (χ2n) is 7.24. The van der Waals surface area contributed by atoms with E-state index in [1.165, 1.54) is 33.3 Å². The first-order valence-electron chi connectivity index (χ1n) is 10.00. The summed E-state index contributed by atoms with van der Waals surface area (Å²) in [6.45, 7) is 3.81. The number of hydrogen-bond acceptors (Lipinski definition) is 6. The number of thiophene rings is 1. The number of para-hydroxylation sites is 1. The minimum atomic E-state index is -0.535. The van der Waals surface area contributed by atoms with Gasteiger partial charge in [0.2, 0.25) is 5.91 Å². The lowest BCUT2D eigenvalue weighted by Gasteiger charge is -2.22. The van der Waals surface area contributed by atoms with Crippen molar-refractivity contribution in [2.45, 2.75) is 32.9 Å². The maximum Gasteiger partial charge on any atom is 0.333 e. The zero-order valence-corrected chi connectivity index (χ0v) is 18.9. The third kappa shape index (κ3) is 4.40. The first kappa shape index (κ1) is 21.3. The predicted molar refractivity (Wildman–Crippen MR) is 124 cm³/mol. The van der Waals surface area contributed by atoms with Crippen LogP contribution in [0.15, 0.2) is 45.9 Å². The molecule has 31 heavy (non-hydrogen) atoms.